The summed E-state index contributed by atoms with van der Waals surface area (Å²) in [5.41, 5.74) is 0. The highest BCUT2D eigenvalue weighted by Crippen LogP contribution is 2.20. The first-order valence-corrected chi connectivity index (χ1v) is 7.46. The summed E-state index contributed by atoms with van der Waals surface area (Å²) < 4.78 is 0. The van der Waals surface area contributed by atoms with Gasteiger partial charge in [-0.05, 0) is 20.5 Å². The fraction of sp³-hybridized carbons (Fsp3) is 1.00. The van der Waals surface area contributed by atoms with E-state index in [0.29, 0.717) is 0 Å². The van der Waals surface area contributed by atoms with Crippen molar-refractivity contribution in [1.82, 2.24) is 15.1 Å². The first-order chi connectivity index (χ1) is 7.72. The van der Waals surface area contributed by atoms with Crippen LogP contribution in [0.1, 0.15) is 13.3 Å². The summed E-state index contributed by atoms with van der Waals surface area (Å²) >= 11 is 2.15. The van der Waals surface area contributed by atoms with E-state index in [1.165, 1.54) is 31.8 Å². The molecule has 0 aliphatic carbocycles. The molecule has 1 rings (SSSR count). The second-order valence-electron chi connectivity index (χ2n) is 4.75. The molecule has 1 unspecified atom stereocenters. The Kier molecular flexibility index (Phi) is 7.45. The van der Waals surface area contributed by atoms with E-state index in [1.54, 1.807) is 0 Å². The number of thioether (sulfide) groups is 1. The Morgan fingerprint density at radius 2 is 2.19 bits per heavy atom. The topological polar surface area (TPSA) is 18.5 Å². The van der Waals surface area contributed by atoms with Gasteiger partial charge in [-0.25, -0.2) is 0 Å². The molecule has 96 valence electrons. The van der Waals surface area contributed by atoms with Crippen LogP contribution in [0, 0.1) is 0 Å². The minimum absolute atomic E-state index is 0.871. The zero-order valence-corrected chi connectivity index (χ0v) is 11.9. The van der Waals surface area contributed by atoms with Crippen LogP contribution in [0.2, 0.25) is 0 Å². The zero-order valence-electron chi connectivity index (χ0n) is 11.0. The van der Waals surface area contributed by atoms with E-state index in [0.717, 1.165) is 24.9 Å². The molecular formula is C12H27N3S. The normalized spacial score (nSPS) is 22.9. The van der Waals surface area contributed by atoms with Crippen molar-refractivity contribution in [1.29, 1.82) is 0 Å². The highest BCUT2D eigenvalue weighted by atomic mass is 32.2. The van der Waals surface area contributed by atoms with Gasteiger partial charge in [0.25, 0.3) is 0 Å². The second-order valence-corrected chi connectivity index (χ2v) is 6.16. The summed E-state index contributed by atoms with van der Waals surface area (Å²) in [6, 6.07) is 0. The van der Waals surface area contributed by atoms with Crippen LogP contribution >= 0.6 is 11.8 Å². The molecule has 0 radical (unpaired) electrons. The van der Waals surface area contributed by atoms with Crippen molar-refractivity contribution in [2.24, 2.45) is 0 Å². The standard InChI is InChI=1S/C12H27N3S/c1-4-12-11-15(9-10-16-12)8-6-13-5-7-14(2)3/h12-13H,4-11H2,1-3H3. The van der Waals surface area contributed by atoms with Gasteiger partial charge in [0, 0.05) is 50.3 Å². The lowest BCUT2D eigenvalue weighted by Gasteiger charge is -2.31. The van der Waals surface area contributed by atoms with E-state index in [1.807, 2.05) is 0 Å². The highest BCUT2D eigenvalue weighted by molar-refractivity contribution is 8.00. The summed E-state index contributed by atoms with van der Waals surface area (Å²) in [6.07, 6.45) is 1.31. The Labute approximate surface area is 105 Å². The fourth-order valence-corrected chi connectivity index (χ4v) is 3.14. The van der Waals surface area contributed by atoms with Crippen molar-refractivity contribution in [3.05, 3.63) is 0 Å². The monoisotopic (exact) mass is 245 g/mol. The van der Waals surface area contributed by atoms with E-state index in [-0.39, 0.29) is 0 Å². The van der Waals surface area contributed by atoms with Gasteiger partial charge in [-0.1, -0.05) is 6.92 Å². The summed E-state index contributed by atoms with van der Waals surface area (Å²) in [7, 11) is 4.24. The molecule has 16 heavy (non-hydrogen) atoms. The third kappa shape index (κ3) is 6.09. The number of likely N-dealkylation sites (N-methyl/N-ethyl adjacent to an activating group) is 1. The van der Waals surface area contributed by atoms with Gasteiger partial charge in [-0.15, -0.1) is 0 Å². The average Bonchev–Trinajstić information content (AvgIpc) is 2.28. The Balaban J connectivity index is 1.99. The van der Waals surface area contributed by atoms with Gasteiger partial charge in [0.05, 0.1) is 0 Å². The number of nitrogens with one attached hydrogen (secondary N) is 1. The minimum Gasteiger partial charge on any atom is -0.314 e. The molecule has 1 fully saturated rings. The Bertz CT molecular complexity index is 176. The van der Waals surface area contributed by atoms with Crippen LogP contribution in [0.5, 0.6) is 0 Å². The van der Waals surface area contributed by atoms with Crippen LogP contribution in [-0.2, 0) is 0 Å². The molecular weight excluding hydrogens is 218 g/mol. The molecule has 1 saturated heterocycles. The predicted octanol–water partition coefficient (Wildman–Crippen LogP) is 0.965. The van der Waals surface area contributed by atoms with Crippen molar-refractivity contribution in [2.45, 2.75) is 18.6 Å². The van der Waals surface area contributed by atoms with E-state index in [9.17, 15) is 0 Å². The second kappa shape index (κ2) is 8.34. The molecule has 1 aliphatic rings. The van der Waals surface area contributed by atoms with Gasteiger partial charge < -0.3 is 15.1 Å². The number of rotatable bonds is 7. The smallest absolute Gasteiger partial charge is 0.0172 e. The van der Waals surface area contributed by atoms with Gasteiger partial charge in [0.2, 0.25) is 0 Å². The maximum absolute atomic E-state index is 3.51. The molecule has 1 N–H and O–H groups in total. The van der Waals surface area contributed by atoms with E-state index < -0.39 is 0 Å². The quantitative estimate of drug-likeness (QED) is 0.673. The maximum Gasteiger partial charge on any atom is 0.0172 e. The van der Waals surface area contributed by atoms with Crippen LogP contribution in [0.4, 0.5) is 0 Å². The summed E-state index contributed by atoms with van der Waals surface area (Å²) in [4.78, 5) is 4.82. The van der Waals surface area contributed by atoms with E-state index in [2.05, 4.69) is 47.9 Å². The van der Waals surface area contributed by atoms with E-state index in [4.69, 9.17) is 0 Å². The Hall–Kier alpha value is 0.230. The van der Waals surface area contributed by atoms with Crippen molar-refractivity contribution < 1.29 is 0 Å². The van der Waals surface area contributed by atoms with Gasteiger partial charge in [0.15, 0.2) is 0 Å². The van der Waals surface area contributed by atoms with Crippen molar-refractivity contribution in [3.8, 4) is 0 Å². The van der Waals surface area contributed by atoms with Crippen LogP contribution < -0.4 is 5.32 Å². The third-order valence-corrected chi connectivity index (χ3v) is 4.39. The molecule has 0 bridgehead atoms. The number of nitrogens with zero attached hydrogens (tertiary/aromatic N) is 2. The third-order valence-electron chi connectivity index (χ3n) is 3.02. The molecule has 4 heteroatoms. The first kappa shape index (κ1) is 14.3. The van der Waals surface area contributed by atoms with Crippen LogP contribution in [0.15, 0.2) is 0 Å². The van der Waals surface area contributed by atoms with E-state index >= 15 is 0 Å². The SMILES string of the molecule is CCC1CN(CCNCCN(C)C)CCS1. The van der Waals surface area contributed by atoms with Crippen molar-refractivity contribution in [2.75, 3.05) is 59.1 Å². The predicted molar refractivity (Wildman–Crippen MR) is 74.4 cm³/mol. The highest BCUT2D eigenvalue weighted by Gasteiger charge is 2.17. The lowest BCUT2D eigenvalue weighted by atomic mass is 10.3. The molecule has 0 spiro atoms. The Morgan fingerprint density at radius 1 is 1.38 bits per heavy atom. The number of hydrogen-bond donors (Lipinski definition) is 1. The molecule has 0 amide bonds. The number of hydrogen-bond acceptors (Lipinski definition) is 4. The maximum atomic E-state index is 3.51. The lowest BCUT2D eigenvalue weighted by Crippen LogP contribution is -2.42. The molecule has 1 aliphatic heterocycles. The summed E-state index contributed by atoms with van der Waals surface area (Å²) in [5.74, 6) is 1.32. The zero-order chi connectivity index (χ0) is 11.8. The summed E-state index contributed by atoms with van der Waals surface area (Å²) in [6.45, 7) is 9.45. The molecule has 0 aromatic carbocycles. The van der Waals surface area contributed by atoms with Crippen molar-refractivity contribution in [3.63, 3.8) is 0 Å². The summed E-state index contributed by atoms with van der Waals surface area (Å²) in [5, 5.41) is 4.38. The van der Waals surface area contributed by atoms with Crippen molar-refractivity contribution >= 4 is 11.8 Å². The van der Waals surface area contributed by atoms with Crippen LogP contribution in [0.25, 0.3) is 0 Å². The Morgan fingerprint density at radius 3 is 2.88 bits per heavy atom. The first-order valence-electron chi connectivity index (χ1n) is 6.41. The lowest BCUT2D eigenvalue weighted by molar-refractivity contribution is 0.278. The largest absolute Gasteiger partial charge is 0.314 e. The molecule has 0 saturated carbocycles. The molecule has 3 nitrogen and oxygen atoms in total. The fourth-order valence-electron chi connectivity index (χ4n) is 1.90. The molecule has 0 aromatic rings. The minimum atomic E-state index is 0.871. The molecule has 1 atom stereocenters. The van der Waals surface area contributed by atoms with Gasteiger partial charge >= 0.3 is 0 Å². The van der Waals surface area contributed by atoms with Gasteiger partial charge in [0.1, 0.15) is 0 Å². The van der Waals surface area contributed by atoms with Gasteiger partial charge in [-0.3, -0.25) is 0 Å². The van der Waals surface area contributed by atoms with Crippen LogP contribution in [0.3, 0.4) is 0 Å². The molecule has 1 heterocycles. The van der Waals surface area contributed by atoms with Crippen LogP contribution in [-0.4, -0.2) is 74.2 Å². The molecule has 0 aromatic heterocycles. The van der Waals surface area contributed by atoms with Gasteiger partial charge in [-0.2, -0.15) is 11.8 Å². The average molecular weight is 245 g/mol.